The van der Waals surface area contributed by atoms with Gasteiger partial charge >= 0.3 is 0 Å². The van der Waals surface area contributed by atoms with Gasteiger partial charge in [0, 0.05) is 29.4 Å². The van der Waals surface area contributed by atoms with Crippen LogP contribution in [0.5, 0.6) is 0 Å². The highest BCUT2D eigenvalue weighted by Crippen LogP contribution is 2.29. The number of fused-ring (bicyclic) bond motifs is 1. The number of nitro benzene ring substituents is 1. The first-order valence-electron chi connectivity index (χ1n) is 9.23. The van der Waals surface area contributed by atoms with Crippen molar-refractivity contribution in [2.75, 3.05) is 0 Å². The van der Waals surface area contributed by atoms with E-state index in [1.54, 1.807) is 18.2 Å². The standard InChI is InChI=1S/C21H20N4O3/c1-14-7-2-4-10-17(14)24-19-12-6-9-16(19)20(23-24)21(26)22-13-15-8-3-5-11-18(15)25(27)28/h2-5,7-8,10-11H,6,9,12-13H2,1H3,(H,22,26). The Labute approximate surface area is 162 Å². The number of para-hydroxylation sites is 2. The van der Waals surface area contributed by atoms with Gasteiger partial charge in [-0.25, -0.2) is 4.68 Å². The third-order valence-electron chi connectivity index (χ3n) is 5.12. The van der Waals surface area contributed by atoms with Crippen LogP contribution in [0.25, 0.3) is 5.69 Å². The van der Waals surface area contributed by atoms with Gasteiger partial charge in [-0.05, 0) is 37.8 Å². The van der Waals surface area contributed by atoms with Crippen molar-refractivity contribution in [3.8, 4) is 5.69 Å². The molecule has 1 amide bonds. The number of aryl methyl sites for hydroxylation is 1. The van der Waals surface area contributed by atoms with Crippen LogP contribution in [-0.4, -0.2) is 20.6 Å². The number of carbonyl (C=O) groups excluding carboxylic acids is 1. The summed E-state index contributed by atoms with van der Waals surface area (Å²) in [5, 5.41) is 18.6. The van der Waals surface area contributed by atoms with Crippen molar-refractivity contribution in [3.63, 3.8) is 0 Å². The highest BCUT2D eigenvalue weighted by molar-refractivity contribution is 5.94. The van der Waals surface area contributed by atoms with Crippen LogP contribution in [0, 0.1) is 17.0 Å². The van der Waals surface area contributed by atoms with Crippen LogP contribution in [0.2, 0.25) is 0 Å². The van der Waals surface area contributed by atoms with E-state index in [0.29, 0.717) is 11.3 Å². The molecular formula is C21H20N4O3. The molecule has 0 bridgehead atoms. The number of carbonyl (C=O) groups is 1. The van der Waals surface area contributed by atoms with E-state index in [1.165, 1.54) is 6.07 Å². The van der Waals surface area contributed by atoms with E-state index in [4.69, 9.17) is 0 Å². The lowest BCUT2D eigenvalue weighted by Gasteiger charge is -2.08. The quantitative estimate of drug-likeness (QED) is 0.545. The van der Waals surface area contributed by atoms with Gasteiger partial charge in [0.15, 0.2) is 5.69 Å². The third-order valence-corrected chi connectivity index (χ3v) is 5.12. The first-order chi connectivity index (χ1) is 13.6. The van der Waals surface area contributed by atoms with Gasteiger partial charge in [-0.2, -0.15) is 5.10 Å². The van der Waals surface area contributed by atoms with E-state index in [9.17, 15) is 14.9 Å². The van der Waals surface area contributed by atoms with Gasteiger partial charge < -0.3 is 5.32 Å². The van der Waals surface area contributed by atoms with E-state index in [-0.39, 0.29) is 18.1 Å². The van der Waals surface area contributed by atoms with E-state index >= 15 is 0 Å². The van der Waals surface area contributed by atoms with Gasteiger partial charge in [0.2, 0.25) is 0 Å². The van der Waals surface area contributed by atoms with E-state index < -0.39 is 4.92 Å². The fourth-order valence-corrected chi connectivity index (χ4v) is 3.72. The van der Waals surface area contributed by atoms with E-state index in [1.807, 2.05) is 35.9 Å². The molecule has 0 unspecified atom stereocenters. The Balaban J connectivity index is 1.62. The van der Waals surface area contributed by atoms with Gasteiger partial charge in [-0.3, -0.25) is 14.9 Å². The van der Waals surface area contributed by atoms with E-state index in [2.05, 4.69) is 10.4 Å². The largest absolute Gasteiger partial charge is 0.346 e. The van der Waals surface area contributed by atoms with Crippen molar-refractivity contribution in [2.45, 2.75) is 32.7 Å². The Morgan fingerprint density at radius 1 is 1.18 bits per heavy atom. The van der Waals surface area contributed by atoms with Crippen LogP contribution in [0.4, 0.5) is 5.69 Å². The van der Waals surface area contributed by atoms with Crippen LogP contribution < -0.4 is 5.32 Å². The summed E-state index contributed by atoms with van der Waals surface area (Å²) in [6, 6.07) is 14.4. The SMILES string of the molecule is Cc1ccccc1-n1nc(C(=O)NCc2ccccc2[N+](=O)[O-])c2c1CCC2. The Bertz CT molecular complexity index is 1070. The molecule has 0 spiro atoms. The lowest BCUT2D eigenvalue weighted by atomic mass is 10.1. The van der Waals surface area contributed by atoms with Crippen LogP contribution in [0.1, 0.15) is 39.3 Å². The summed E-state index contributed by atoms with van der Waals surface area (Å²) < 4.78 is 1.87. The van der Waals surface area contributed by atoms with Crippen molar-refractivity contribution in [3.05, 3.63) is 86.7 Å². The summed E-state index contributed by atoms with van der Waals surface area (Å²) in [4.78, 5) is 23.6. The van der Waals surface area contributed by atoms with E-state index in [0.717, 1.165) is 41.8 Å². The number of hydrogen-bond acceptors (Lipinski definition) is 4. The molecule has 0 fully saturated rings. The van der Waals surface area contributed by atoms with Crippen molar-refractivity contribution < 1.29 is 9.72 Å². The Morgan fingerprint density at radius 2 is 1.93 bits per heavy atom. The molecule has 0 aliphatic heterocycles. The zero-order chi connectivity index (χ0) is 19.7. The minimum Gasteiger partial charge on any atom is -0.346 e. The molecule has 4 rings (SSSR count). The topological polar surface area (TPSA) is 90.1 Å². The maximum absolute atomic E-state index is 12.8. The normalized spacial score (nSPS) is 12.6. The number of rotatable bonds is 5. The fraction of sp³-hybridized carbons (Fsp3) is 0.238. The van der Waals surface area contributed by atoms with Gasteiger partial charge in [-0.1, -0.05) is 36.4 Å². The molecule has 3 aromatic rings. The highest BCUT2D eigenvalue weighted by Gasteiger charge is 2.27. The zero-order valence-corrected chi connectivity index (χ0v) is 15.5. The number of amides is 1. The molecule has 28 heavy (non-hydrogen) atoms. The van der Waals surface area contributed by atoms with Crippen LogP contribution >= 0.6 is 0 Å². The molecular weight excluding hydrogens is 356 g/mol. The summed E-state index contributed by atoms with van der Waals surface area (Å²) in [6.07, 6.45) is 2.69. The lowest BCUT2D eigenvalue weighted by molar-refractivity contribution is -0.385. The highest BCUT2D eigenvalue weighted by atomic mass is 16.6. The third kappa shape index (κ3) is 3.15. The monoisotopic (exact) mass is 376 g/mol. The molecule has 0 saturated carbocycles. The first-order valence-corrected chi connectivity index (χ1v) is 9.23. The molecule has 1 heterocycles. The van der Waals surface area contributed by atoms with Gasteiger partial charge in [0.25, 0.3) is 11.6 Å². The number of aromatic nitrogens is 2. The zero-order valence-electron chi connectivity index (χ0n) is 15.5. The predicted molar refractivity (Wildman–Crippen MR) is 105 cm³/mol. The average molecular weight is 376 g/mol. The smallest absolute Gasteiger partial charge is 0.274 e. The van der Waals surface area contributed by atoms with Crippen molar-refractivity contribution in [1.82, 2.24) is 15.1 Å². The summed E-state index contributed by atoms with van der Waals surface area (Å²) in [5.74, 6) is -0.302. The second kappa shape index (κ2) is 7.26. The molecule has 1 N–H and O–H groups in total. The van der Waals surface area contributed by atoms with Crippen molar-refractivity contribution in [2.24, 2.45) is 0 Å². The average Bonchev–Trinajstić information content (AvgIpc) is 3.29. The lowest BCUT2D eigenvalue weighted by Crippen LogP contribution is -2.24. The molecule has 7 heteroatoms. The minimum absolute atomic E-state index is 0.00142. The Kier molecular flexibility index (Phi) is 4.65. The van der Waals surface area contributed by atoms with Gasteiger partial charge in [0.05, 0.1) is 10.6 Å². The summed E-state index contributed by atoms with van der Waals surface area (Å²) >= 11 is 0. The molecule has 0 atom stereocenters. The molecule has 2 aromatic carbocycles. The summed E-state index contributed by atoms with van der Waals surface area (Å²) in [5.41, 5.74) is 4.99. The number of hydrogen-bond donors (Lipinski definition) is 1. The number of nitrogens with zero attached hydrogens (tertiary/aromatic N) is 3. The van der Waals surface area contributed by atoms with Crippen LogP contribution in [0.3, 0.4) is 0 Å². The summed E-state index contributed by atoms with van der Waals surface area (Å²) in [7, 11) is 0. The molecule has 0 radical (unpaired) electrons. The van der Waals surface area contributed by atoms with Crippen molar-refractivity contribution >= 4 is 11.6 Å². The Morgan fingerprint density at radius 3 is 2.71 bits per heavy atom. The number of nitro groups is 1. The predicted octanol–water partition coefficient (Wildman–Crippen LogP) is 3.51. The molecule has 1 aromatic heterocycles. The maximum atomic E-state index is 12.8. The second-order valence-electron chi connectivity index (χ2n) is 6.89. The first kappa shape index (κ1) is 17.9. The molecule has 7 nitrogen and oxygen atoms in total. The van der Waals surface area contributed by atoms with Gasteiger partial charge in [-0.15, -0.1) is 0 Å². The molecule has 142 valence electrons. The van der Waals surface area contributed by atoms with Crippen LogP contribution in [-0.2, 0) is 19.4 Å². The molecule has 1 aliphatic rings. The van der Waals surface area contributed by atoms with Gasteiger partial charge in [0.1, 0.15) is 0 Å². The number of nitrogens with one attached hydrogen (secondary N) is 1. The maximum Gasteiger partial charge on any atom is 0.274 e. The molecule has 1 aliphatic carbocycles. The summed E-state index contributed by atoms with van der Waals surface area (Å²) in [6.45, 7) is 2.11. The van der Waals surface area contributed by atoms with Crippen molar-refractivity contribution in [1.29, 1.82) is 0 Å². The Hall–Kier alpha value is -3.48. The fourth-order valence-electron chi connectivity index (χ4n) is 3.72. The second-order valence-corrected chi connectivity index (χ2v) is 6.89. The van der Waals surface area contributed by atoms with Crippen LogP contribution in [0.15, 0.2) is 48.5 Å². The number of benzene rings is 2. The minimum atomic E-state index is -0.438. The molecule has 0 saturated heterocycles.